The van der Waals surface area contributed by atoms with Crippen LogP contribution in [0.4, 0.5) is 0 Å². The molecule has 1 fully saturated rings. The minimum Gasteiger partial charge on any atom is -0.0845 e. The monoisotopic (exact) mass is 134 g/mol. The molecule has 1 saturated carbocycles. The number of rotatable bonds is 0. The Morgan fingerprint density at radius 1 is 1.40 bits per heavy atom. The average molecular weight is 134 g/mol. The molecule has 2 bridgehead atoms. The molecular weight excluding hydrogens is 120 g/mol. The van der Waals surface area contributed by atoms with Crippen molar-refractivity contribution >= 4 is 0 Å². The Hall–Kier alpha value is -0.520. The van der Waals surface area contributed by atoms with Gasteiger partial charge in [0.2, 0.25) is 0 Å². The van der Waals surface area contributed by atoms with E-state index in [9.17, 15) is 0 Å². The van der Waals surface area contributed by atoms with Gasteiger partial charge in [-0.2, -0.15) is 0 Å². The summed E-state index contributed by atoms with van der Waals surface area (Å²) >= 11 is 0. The molecule has 0 aromatic heterocycles. The molecule has 0 N–H and O–H groups in total. The zero-order valence-electron chi connectivity index (χ0n) is 6.72. The van der Waals surface area contributed by atoms with Crippen molar-refractivity contribution in [3.8, 4) is 0 Å². The van der Waals surface area contributed by atoms with Crippen LogP contribution in [0.15, 0.2) is 23.3 Å². The largest absolute Gasteiger partial charge is 0.0845 e. The molecule has 0 radical (unpaired) electrons. The normalized spacial score (nSPS) is 35.6. The number of fused-ring (bicyclic) bond motifs is 2. The SMILES string of the molecule is CC(C)=C1CC2C=C[C@@H]1C2. The van der Waals surface area contributed by atoms with Gasteiger partial charge in [0.25, 0.3) is 0 Å². The molecular formula is C10H14. The van der Waals surface area contributed by atoms with Crippen molar-refractivity contribution in [1.82, 2.24) is 0 Å². The molecule has 0 spiro atoms. The summed E-state index contributed by atoms with van der Waals surface area (Å²) in [5, 5.41) is 0. The fourth-order valence-electron chi connectivity index (χ4n) is 2.19. The first kappa shape index (κ1) is 6.21. The van der Waals surface area contributed by atoms with Crippen LogP contribution in [0.3, 0.4) is 0 Å². The predicted octanol–water partition coefficient (Wildman–Crippen LogP) is 2.92. The van der Waals surface area contributed by atoms with Gasteiger partial charge in [0, 0.05) is 0 Å². The lowest BCUT2D eigenvalue weighted by atomic mass is 9.97. The summed E-state index contributed by atoms with van der Waals surface area (Å²) in [7, 11) is 0. The maximum atomic E-state index is 2.39. The summed E-state index contributed by atoms with van der Waals surface area (Å²) in [6.45, 7) is 4.48. The fourth-order valence-corrected chi connectivity index (χ4v) is 2.19. The molecule has 0 aromatic carbocycles. The Balaban J connectivity index is 2.32. The van der Waals surface area contributed by atoms with Gasteiger partial charge in [-0.25, -0.2) is 0 Å². The second-order valence-electron chi connectivity index (χ2n) is 3.72. The summed E-state index contributed by atoms with van der Waals surface area (Å²) in [6.07, 6.45) is 7.53. The van der Waals surface area contributed by atoms with E-state index in [4.69, 9.17) is 0 Å². The van der Waals surface area contributed by atoms with E-state index in [0.717, 1.165) is 11.8 Å². The highest BCUT2D eigenvalue weighted by atomic mass is 14.4. The minimum atomic E-state index is 0.829. The van der Waals surface area contributed by atoms with Crippen molar-refractivity contribution in [2.24, 2.45) is 11.8 Å². The third-order valence-corrected chi connectivity index (χ3v) is 2.74. The van der Waals surface area contributed by atoms with Crippen molar-refractivity contribution in [1.29, 1.82) is 0 Å². The van der Waals surface area contributed by atoms with Gasteiger partial charge in [0.15, 0.2) is 0 Å². The molecule has 2 aliphatic rings. The second kappa shape index (κ2) is 1.98. The van der Waals surface area contributed by atoms with Gasteiger partial charge in [-0.3, -0.25) is 0 Å². The van der Waals surface area contributed by atoms with Gasteiger partial charge in [-0.15, -0.1) is 0 Å². The topological polar surface area (TPSA) is 0 Å². The van der Waals surface area contributed by atoms with Crippen LogP contribution in [0, 0.1) is 11.8 Å². The third kappa shape index (κ3) is 0.749. The van der Waals surface area contributed by atoms with Crippen LogP contribution in [0.1, 0.15) is 26.7 Å². The van der Waals surface area contributed by atoms with Gasteiger partial charge >= 0.3 is 0 Å². The van der Waals surface area contributed by atoms with Crippen LogP contribution < -0.4 is 0 Å². The van der Waals surface area contributed by atoms with Crippen molar-refractivity contribution in [2.45, 2.75) is 26.7 Å². The third-order valence-electron chi connectivity index (χ3n) is 2.74. The van der Waals surface area contributed by atoms with E-state index >= 15 is 0 Å². The van der Waals surface area contributed by atoms with Crippen LogP contribution in [-0.2, 0) is 0 Å². The van der Waals surface area contributed by atoms with Crippen molar-refractivity contribution < 1.29 is 0 Å². The summed E-state index contributed by atoms with van der Waals surface area (Å²) in [5.41, 5.74) is 3.27. The molecule has 0 aliphatic heterocycles. The molecule has 2 rings (SSSR count). The van der Waals surface area contributed by atoms with Crippen molar-refractivity contribution in [3.63, 3.8) is 0 Å². The van der Waals surface area contributed by atoms with Crippen LogP contribution in [0.25, 0.3) is 0 Å². The maximum absolute atomic E-state index is 2.39. The van der Waals surface area contributed by atoms with Crippen LogP contribution in [0.2, 0.25) is 0 Å². The number of hydrogen-bond donors (Lipinski definition) is 0. The quantitative estimate of drug-likeness (QED) is 0.447. The Morgan fingerprint density at radius 3 is 2.50 bits per heavy atom. The molecule has 0 saturated heterocycles. The maximum Gasteiger partial charge on any atom is -0.00148 e. The molecule has 0 nitrogen and oxygen atoms in total. The lowest BCUT2D eigenvalue weighted by molar-refractivity contribution is 0.693. The standard InChI is InChI=1S/C10H14/c1-7(2)10-6-8-3-4-9(10)5-8/h3-4,8-9H,5-6H2,1-2H3/t8?,9-/m1/s1. The number of hydrogen-bond acceptors (Lipinski definition) is 0. The lowest BCUT2D eigenvalue weighted by Gasteiger charge is -2.09. The molecule has 1 unspecified atom stereocenters. The molecule has 0 heterocycles. The second-order valence-corrected chi connectivity index (χ2v) is 3.72. The molecule has 2 atom stereocenters. The van der Waals surface area contributed by atoms with Gasteiger partial charge in [-0.05, 0) is 38.5 Å². The van der Waals surface area contributed by atoms with Gasteiger partial charge in [0.05, 0.1) is 0 Å². The highest BCUT2D eigenvalue weighted by Gasteiger charge is 2.30. The van der Waals surface area contributed by atoms with E-state index in [1.54, 1.807) is 11.1 Å². The van der Waals surface area contributed by atoms with E-state index in [1.165, 1.54) is 12.8 Å². The first-order valence-corrected chi connectivity index (χ1v) is 4.12. The smallest absolute Gasteiger partial charge is 0.00148 e. The fraction of sp³-hybridized carbons (Fsp3) is 0.600. The van der Waals surface area contributed by atoms with E-state index in [2.05, 4.69) is 26.0 Å². The first-order valence-electron chi connectivity index (χ1n) is 4.12. The van der Waals surface area contributed by atoms with Gasteiger partial charge in [0.1, 0.15) is 0 Å². The highest BCUT2D eigenvalue weighted by Crippen LogP contribution is 2.44. The summed E-state index contributed by atoms with van der Waals surface area (Å²) < 4.78 is 0. The van der Waals surface area contributed by atoms with Crippen LogP contribution >= 0.6 is 0 Å². The Bertz CT molecular complexity index is 204. The van der Waals surface area contributed by atoms with Crippen molar-refractivity contribution in [3.05, 3.63) is 23.3 Å². The zero-order chi connectivity index (χ0) is 7.14. The van der Waals surface area contributed by atoms with Crippen LogP contribution in [0.5, 0.6) is 0 Å². The Morgan fingerprint density at radius 2 is 2.20 bits per heavy atom. The van der Waals surface area contributed by atoms with Crippen LogP contribution in [-0.4, -0.2) is 0 Å². The summed E-state index contributed by atoms with van der Waals surface area (Å²) in [4.78, 5) is 0. The van der Waals surface area contributed by atoms with E-state index in [0.29, 0.717) is 0 Å². The summed E-state index contributed by atoms with van der Waals surface area (Å²) in [6, 6.07) is 0. The molecule has 54 valence electrons. The highest BCUT2D eigenvalue weighted by molar-refractivity contribution is 5.29. The summed E-state index contributed by atoms with van der Waals surface area (Å²) in [5.74, 6) is 1.73. The van der Waals surface area contributed by atoms with Gasteiger partial charge < -0.3 is 0 Å². The Labute approximate surface area is 62.6 Å². The zero-order valence-corrected chi connectivity index (χ0v) is 6.72. The molecule has 10 heavy (non-hydrogen) atoms. The predicted molar refractivity (Wildman–Crippen MR) is 43.7 cm³/mol. The van der Waals surface area contributed by atoms with E-state index in [-0.39, 0.29) is 0 Å². The van der Waals surface area contributed by atoms with Gasteiger partial charge in [-0.1, -0.05) is 23.3 Å². The van der Waals surface area contributed by atoms with E-state index < -0.39 is 0 Å². The Kier molecular flexibility index (Phi) is 1.23. The van der Waals surface area contributed by atoms with E-state index in [1.807, 2.05) is 0 Å². The minimum absolute atomic E-state index is 0.829. The first-order chi connectivity index (χ1) is 4.77. The van der Waals surface area contributed by atoms with Crippen molar-refractivity contribution in [2.75, 3.05) is 0 Å². The molecule has 0 amide bonds. The lowest BCUT2D eigenvalue weighted by Crippen LogP contribution is -1.93. The molecule has 2 aliphatic carbocycles. The average Bonchev–Trinajstić information content (AvgIpc) is 2.44. The number of allylic oxidation sites excluding steroid dienone is 4. The molecule has 0 heteroatoms. The molecule has 0 aromatic rings.